The maximum Gasteiger partial charge on any atom is 0.322 e. The third-order valence-corrected chi connectivity index (χ3v) is 4.81. The average Bonchev–Trinajstić information content (AvgIpc) is 3.23. The standard InChI is InChI=1S/C13H17BrN2O2S/c1-18-13(17)11(16-9-4-5-9)6-8-19-12-10(14)3-2-7-15-12/h2-3,7,9,11,16H,4-6,8H2,1H3. The number of methoxy groups -OCH3 is 1. The van der Waals surface area contributed by atoms with Gasteiger partial charge < -0.3 is 10.1 Å². The van der Waals surface area contributed by atoms with Crippen molar-refractivity contribution < 1.29 is 9.53 Å². The first-order valence-electron chi connectivity index (χ1n) is 6.28. The number of rotatable bonds is 7. The van der Waals surface area contributed by atoms with Gasteiger partial charge in [0.1, 0.15) is 11.1 Å². The second-order valence-corrected chi connectivity index (χ2v) is 6.38. The Kier molecular flexibility index (Phi) is 5.66. The van der Waals surface area contributed by atoms with Gasteiger partial charge in [0.25, 0.3) is 0 Å². The van der Waals surface area contributed by atoms with E-state index in [1.807, 2.05) is 12.1 Å². The molecule has 1 aromatic heterocycles. The van der Waals surface area contributed by atoms with Crippen molar-refractivity contribution in [3.05, 3.63) is 22.8 Å². The molecule has 1 heterocycles. The van der Waals surface area contributed by atoms with Crippen LogP contribution in [-0.2, 0) is 9.53 Å². The smallest absolute Gasteiger partial charge is 0.322 e. The number of hydrogen-bond acceptors (Lipinski definition) is 5. The Bertz CT molecular complexity index is 440. The summed E-state index contributed by atoms with van der Waals surface area (Å²) in [6, 6.07) is 4.15. The molecule has 1 unspecified atom stereocenters. The first kappa shape index (κ1) is 14.8. The zero-order valence-electron chi connectivity index (χ0n) is 10.8. The van der Waals surface area contributed by atoms with Crippen LogP contribution in [0.25, 0.3) is 0 Å². The lowest BCUT2D eigenvalue weighted by Crippen LogP contribution is -2.39. The van der Waals surface area contributed by atoms with Crippen molar-refractivity contribution >= 4 is 33.7 Å². The van der Waals surface area contributed by atoms with Crippen LogP contribution in [0, 0.1) is 0 Å². The summed E-state index contributed by atoms with van der Waals surface area (Å²) in [5.41, 5.74) is 0. The maximum atomic E-state index is 11.7. The first-order chi connectivity index (χ1) is 9.20. The fourth-order valence-corrected chi connectivity index (χ4v) is 3.18. The van der Waals surface area contributed by atoms with Crippen LogP contribution in [0.2, 0.25) is 0 Å². The molecule has 0 radical (unpaired) electrons. The highest BCUT2D eigenvalue weighted by Crippen LogP contribution is 2.26. The molecule has 1 aliphatic rings. The number of pyridine rings is 1. The molecule has 0 saturated heterocycles. The van der Waals surface area contributed by atoms with Gasteiger partial charge in [-0.1, -0.05) is 0 Å². The monoisotopic (exact) mass is 344 g/mol. The van der Waals surface area contributed by atoms with Crippen molar-refractivity contribution in [1.29, 1.82) is 0 Å². The predicted octanol–water partition coefficient (Wildman–Crippen LogP) is 2.62. The summed E-state index contributed by atoms with van der Waals surface area (Å²) in [5, 5.41) is 4.28. The number of nitrogens with one attached hydrogen (secondary N) is 1. The number of halogens is 1. The molecule has 1 N–H and O–H groups in total. The SMILES string of the molecule is COC(=O)C(CCSc1ncccc1Br)NC1CC1. The summed E-state index contributed by atoms with van der Waals surface area (Å²) >= 11 is 5.11. The number of carbonyl (C=O) groups excluding carboxylic acids is 1. The molecule has 0 amide bonds. The Labute approximate surface area is 125 Å². The molecule has 104 valence electrons. The molecule has 19 heavy (non-hydrogen) atoms. The van der Waals surface area contributed by atoms with Gasteiger partial charge in [-0.3, -0.25) is 4.79 Å². The maximum absolute atomic E-state index is 11.7. The van der Waals surface area contributed by atoms with Crippen molar-refractivity contribution in [3.8, 4) is 0 Å². The van der Waals surface area contributed by atoms with Crippen LogP contribution >= 0.6 is 27.7 Å². The second-order valence-electron chi connectivity index (χ2n) is 4.44. The van der Waals surface area contributed by atoms with Crippen molar-refractivity contribution in [3.63, 3.8) is 0 Å². The highest BCUT2D eigenvalue weighted by molar-refractivity contribution is 9.10. The van der Waals surface area contributed by atoms with Gasteiger partial charge in [0.05, 0.1) is 7.11 Å². The number of ether oxygens (including phenoxy) is 1. The third-order valence-electron chi connectivity index (χ3n) is 2.87. The number of carbonyl (C=O) groups is 1. The van der Waals surface area contributed by atoms with Gasteiger partial charge in [0, 0.05) is 22.5 Å². The molecule has 0 aliphatic heterocycles. The fraction of sp³-hybridized carbons (Fsp3) is 0.538. The summed E-state index contributed by atoms with van der Waals surface area (Å²) in [5.74, 6) is 0.655. The largest absolute Gasteiger partial charge is 0.468 e. The normalized spacial score (nSPS) is 16.1. The van der Waals surface area contributed by atoms with Crippen LogP contribution in [-0.4, -0.2) is 35.9 Å². The van der Waals surface area contributed by atoms with Gasteiger partial charge in [-0.2, -0.15) is 0 Å². The summed E-state index contributed by atoms with van der Waals surface area (Å²) in [7, 11) is 1.44. The number of hydrogen-bond donors (Lipinski definition) is 1. The Balaban J connectivity index is 1.81. The average molecular weight is 345 g/mol. The van der Waals surface area contributed by atoms with E-state index in [4.69, 9.17) is 4.74 Å². The lowest BCUT2D eigenvalue weighted by molar-refractivity contribution is -0.143. The topological polar surface area (TPSA) is 51.2 Å². The minimum Gasteiger partial charge on any atom is -0.468 e. The minimum absolute atomic E-state index is 0.174. The molecule has 1 aliphatic carbocycles. The van der Waals surface area contributed by atoms with E-state index in [0.717, 1.165) is 34.5 Å². The van der Waals surface area contributed by atoms with Crippen LogP contribution < -0.4 is 5.32 Å². The Morgan fingerprint density at radius 3 is 3.11 bits per heavy atom. The number of nitrogens with zero attached hydrogens (tertiary/aromatic N) is 1. The van der Waals surface area contributed by atoms with Gasteiger partial charge in [-0.25, -0.2) is 4.98 Å². The molecule has 1 saturated carbocycles. The van der Waals surface area contributed by atoms with Crippen LogP contribution in [0.4, 0.5) is 0 Å². The van der Waals surface area contributed by atoms with Gasteiger partial charge in [0.15, 0.2) is 0 Å². The molecule has 0 aromatic carbocycles. The molecule has 4 nitrogen and oxygen atoms in total. The van der Waals surface area contributed by atoms with Gasteiger partial charge >= 0.3 is 5.97 Å². The van der Waals surface area contributed by atoms with E-state index < -0.39 is 0 Å². The zero-order chi connectivity index (χ0) is 13.7. The van der Waals surface area contributed by atoms with E-state index in [0.29, 0.717) is 6.04 Å². The molecule has 1 aromatic rings. The van der Waals surface area contributed by atoms with Gasteiger partial charge in [0.2, 0.25) is 0 Å². The Morgan fingerprint density at radius 1 is 1.68 bits per heavy atom. The summed E-state index contributed by atoms with van der Waals surface area (Å²) in [4.78, 5) is 16.0. The number of esters is 1. The molecule has 6 heteroatoms. The van der Waals surface area contributed by atoms with Gasteiger partial charge in [-0.05, 0) is 47.3 Å². The second kappa shape index (κ2) is 7.26. The predicted molar refractivity (Wildman–Crippen MR) is 79.2 cm³/mol. The molecule has 0 spiro atoms. The third kappa shape index (κ3) is 4.78. The van der Waals surface area contributed by atoms with E-state index in [1.54, 1.807) is 18.0 Å². The van der Waals surface area contributed by atoms with E-state index in [2.05, 4.69) is 26.2 Å². The Morgan fingerprint density at radius 2 is 2.47 bits per heavy atom. The zero-order valence-corrected chi connectivity index (χ0v) is 13.2. The lowest BCUT2D eigenvalue weighted by atomic mass is 10.2. The van der Waals surface area contributed by atoms with Crippen LogP contribution in [0.3, 0.4) is 0 Å². The van der Waals surface area contributed by atoms with Crippen LogP contribution in [0.5, 0.6) is 0 Å². The molecule has 1 atom stereocenters. The quantitative estimate of drug-likeness (QED) is 0.608. The van der Waals surface area contributed by atoms with E-state index in [1.165, 1.54) is 7.11 Å². The molecule has 1 fully saturated rings. The van der Waals surface area contributed by atoms with E-state index in [9.17, 15) is 4.79 Å². The molecular formula is C13H17BrN2O2S. The fourth-order valence-electron chi connectivity index (χ4n) is 1.70. The number of aromatic nitrogens is 1. The van der Waals surface area contributed by atoms with E-state index >= 15 is 0 Å². The molecule has 0 bridgehead atoms. The van der Waals surface area contributed by atoms with Crippen LogP contribution in [0.15, 0.2) is 27.8 Å². The van der Waals surface area contributed by atoms with Crippen molar-refractivity contribution in [2.75, 3.05) is 12.9 Å². The highest BCUT2D eigenvalue weighted by Gasteiger charge is 2.28. The van der Waals surface area contributed by atoms with E-state index in [-0.39, 0.29) is 12.0 Å². The summed E-state index contributed by atoms with van der Waals surface area (Å²) in [6.45, 7) is 0. The minimum atomic E-state index is -0.201. The molecule has 2 rings (SSSR count). The Hall–Kier alpha value is -0.590. The highest BCUT2D eigenvalue weighted by atomic mass is 79.9. The van der Waals surface area contributed by atoms with Crippen LogP contribution in [0.1, 0.15) is 19.3 Å². The lowest BCUT2D eigenvalue weighted by Gasteiger charge is -2.15. The summed E-state index contributed by atoms with van der Waals surface area (Å²) in [6.07, 6.45) is 4.84. The van der Waals surface area contributed by atoms with Crippen molar-refractivity contribution in [2.24, 2.45) is 0 Å². The van der Waals surface area contributed by atoms with Gasteiger partial charge in [-0.15, -0.1) is 11.8 Å². The molecular weight excluding hydrogens is 328 g/mol. The first-order valence-corrected chi connectivity index (χ1v) is 8.05. The van der Waals surface area contributed by atoms with Crippen molar-refractivity contribution in [1.82, 2.24) is 10.3 Å². The van der Waals surface area contributed by atoms with Crippen molar-refractivity contribution in [2.45, 2.75) is 36.4 Å². The summed E-state index contributed by atoms with van der Waals surface area (Å²) < 4.78 is 5.82. The number of thioether (sulfide) groups is 1.